The number of phenols is 1. The molecule has 2 aromatic heterocycles. The molecule has 2 heterocycles. The smallest absolute Gasteiger partial charge is 0.267 e. The summed E-state index contributed by atoms with van der Waals surface area (Å²) in [6, 6.07) is 12.1. The molecular formula is C28H28N4O5S2. The lowest BCUT2D eigenvalue weighted by atomic mass is 9.97. The van der Waals surface area contributed by atoms with Gasteiger partial charge in [0, 0.05) is 10.4 Å². The Morgan fingerprint density at radius 3 is 2.67 bits per heavy atom. The SMILES string of the molecule is COc1ccc(-n2c(SCC(=O)NN=C(C)c3ccc(O)c(OC)c3)nc3sc4c(c3c2=O)CCCC4)cc1. The van der Waals surface area contributed by atoms with Crippen molar-refractivity contribution in [2.75, 3.05) is 20.0 Å². The molecule has 0 fully saturated rings. The number of thiophene rings is 1. The van der Waals surface area contributed by atoms with E-state index in [0.717, 1.165) is 36.1 Å². The van der Waals surface area contributed by atoms with Gasteiger partial charge in [0.25, 0.3) is 11.5 Å². The van der Waals surface area contributed by atoms with Crippen LogP contribution >= 0.6 is 23.1 Å². The Kier molecular flexibility index (Phi) is 7.89. The summed E-state index contributed by atoms with van der Waals surface area (Å²) < 4.78 is 12.0. The number of rotatable bonds is 8. The number of hydrogen-bond acceptors (Lipinski definition) is 9. The van der Waals surface area contributed by atoms with Crippen molar-refractivity contribution in [1.82, 2.24) is 15.0 Å². The topological polar surface area (TPSA) is 115 Å². The molecule has 1 amide bonds. The fraction of sp³-hybridized carbons (Fsp3) is 0.286. The molecule has 0 saturated heterocycles. The van der Waals surface area contributed by atoms with Crippen molar-refractivity contribution in [3.8, 4) is 22.9 Å². The van der Waals surface area contributed by atoms with E-state index >= 15 is 0 Å². The Bertz CT molecular complexity index is 1630. The summed E-state index contributed by atoms with van der Waals surface area (Å²) in [5.41, 5.74) is 5.46. The zero-order valence-corrected chi connectivity index (χ0v) is 23.4. The van der Waals surface area contributed by atoms with Crippen LogP contribution in [-0.2, 0) is 17.6 Å². The Labute approximate surface area is 233 Å². The van der Waals surface area contributed by atoms with E-state index in [4.69, 9.17) is 14.5 Å². The van der Waals surface area contributed by atoms with E-state index in [9.17, 15) is 14.7 Å². The highest BCUT2D eigenvalue weighted by atomic mass is 32.2. The van der Waals surface area contributed by atoms with Crippen molar-refractivity contribution >= 4 is 44.9 Å². The maximum atomic E-state index is 13.9. The number of fused-ring (bicyclic) bond motifs is 3. The number of aryl methyl sites for hydroxylation is 2. The Morgan fingerprint density at radius 2 is 1.92 bits per heavy atom. The van der Waals surface area contributed by atoms with Crippen molar-refractivity contribution < 1.29 is 19.4 Å². The first-order valence-electron chi connectivity index (χ1n) is 12.4. The minimum absolute atomic E-state index is 0.00880. The summed E-state index contributed by atoms with van der Waals surface area (Å²) in [5.74, 6) is 0.688. The van der Waals surface area contributed by atoms with Gasteiger partial charge < -0.3 is 14.6 Å². The number of aromatic nitrogens is 2. The first kappa shape index (κ1) is 26.8. The number of phenolic OH excluding ortho intramolecular Hbond substituents is 1. The van der Waals surface area contributed by atoms with Gasteiger partial charge in [0.05, 0.1) is 36.8 Å². The van der Waals surface area contributed by atoms with Gasteiger partial charge in [0.2, 0.25) is 0 Å². The van der Waals surface area contributed by atoms with Gasteiger partial charge in [-0.25, -0.2) is 10.4 Å². The van der Waals surface area contributed by atoms with E-state index in [2.05, 4.69) is 10.5 Å². The van der Waals surface area contributed by atoms with Gasteiger partial charge in [-0.2, -0.15) is 5.10 Å². The maximum Gasteiger partial charge on any atom is 0.267 e. The molecule has 1 aliphatic carbocycles. The number of benzene rings is 2. The third-order valence-corrected chi connectivity index (χ3v) is 8.69. The zero-order valence-electron chi connectivity index (χ0n) is 21.8. The number of nitrogens with one attached hydrogen (secondary N) is 1. The largest absolute Gasteiger partial charge is 0.504 e. The molecule has 0 aliphatic heterocycles. The van der Waals surface area contributed by atoms with Gasteiger partial charge in [0.1, 0.15) is 10.6 Å². The molecule has 0 saturated carbocycles. The summed E-state index contributed by atoms with van der Waals surface area (Å²) in [7, 11) is 3.06. The van der Waals surface area contributed by atoms with Crippen LogP contribution in [0.15, 0.2) is 57.5 Å². The number of nitrogens with zero attached hydrogens (tertiary/aromatic N) is 3. The third kappa shape index (κ3) is 5.50. The van der Waals surface area contributed by atoms with Crippen LogP contribution in [0.2, 0.25) is 0 Å². The molecule has 0 radical (unpaired) electrons. The molecule has 5 rings (SSSR count). The molecule has 2 aromatic carbocycles. The number of thioether (sulfide) groups is 1. The van der Waals surface area contributed by atoms with Crippen molar-refractivity contribution in [3.63, 3.8) is 0 Å². The monoisotopic (exact) mass is 564 g/mol. The predicted octanol–water partition coefficient (Wildman–Crippen LogP) is 4.68. The van der Waals surface area contributed by atoms with Crippen LogP contribution in [0.4, 0.5) is 0 Å². The number of carbonyl (C=O) groups excluding carboxylic acids is 1. The molecule has 11 heteroatoms. The average Bonchev–Trinajstić information content (AvgIpc) is 3.34. The van der Waals surface area contributed by atoms with Crippen LogP contribution in [-0.4, -0.2) is 46.2 Å². The van der Waals surface area contributed by atoms with Crippen LogP contribution in [0, 0.1) is 0 Å². The summed E-state index contributed by atoms with van der Waals surface area (Å²) in [4.78, 5) is 33.4. The number of hydrazone groups is 1. The molecule has 0 unspecified atom stereocenters. The number of aromatic hydroxyl groups is 1. The maximum absolute atomic E-state index is 13.9. The van der Waals surface area contributed by atoms with Crippen molar-refractivity contribution in [2.45, 2.75) is 37.8 Å². The van der Waals surface area contributed by atoms with Crippen LogP contribution < -0.4 is 20.5 Å². The minimum atomic E-state index is -0.341. The van der Waals surface area contributed by atoms with Crippen molar-refractivity contribution in [2.24, 2.45) is 5.10 Å². The minimum Gasteiger partial charge on any atom is -0.504 e. The summed E-state index contributed by atoms with van der Waals surface area (Å²) in [6.45, 7) is 1.74. The van der Waals surface area contributed by atoms with Gasteiger partial charge in [-0.3, -0.25) is 14.2 Å². The molecule has 0 atom stereocenters. The second-order valence-electron chi connectivity index (χ2n) is 9.03. The van der Waals surface area contributed by atoms with Gasteiger partial charge in [0.15, 0.2) is 16.7 Å². The molecule has 2 N–H and O–H groups in total. The van der Waals surface area contributed by atoms with Crippen molar-refractivity contribution in [3.05, 3.63) is 68.8 Å². The van der Waals surface area contributed by atoms with Crippen LogP contribution in [0.3, 0.4) is 0 Å². The molecule has 202 valence electrons. The van der Waals surface area contributed by atoms with Crippen LogP contribution in [0.25, 0.3) is 15.9 Å². The van der Waals surface area contributed by atoms with Crippen LogP contribution in [0.1, 0.15) is 35.8 Å². The number of amides is 1. The highest BCUT2D eigenvalue weighted by Gasteiger charge is 2.23. The highest BCUT2D eigenvalue weighted by Crippen LogP contribution is 2.35. The summed E-state index contributed by atoms with van der Waals surface area (Å²) in [5, 5.41) is 15.1. The zero-order chi connectivity index (χ0) is 27.5. The normalized spacial score (nSPS) is 13.3. The molecule has 39 heavy (non-hydrogen) atoms. The second-order valence-corrected chi connectivity index (χ2v) is 11.1. The van der Waals surface area contributed by atoms with Gasteiger partial charge in [-0.05, 0) is 80.6 Å². The van der Waals surface area contributed by atoms with E-state index < -0.39 is 0 Å². The predicted molar refractivity (Wildman–Crippen MR) is 154 cm³/mol. The average molecular weight is 565 g/mol. The van der Waals surface area contributed by atoms with Crippen LogP contribution in [0.5, 0.6) is 17.2 Å². The number of methoxy groups -OCH3 is 2. The Morgan fingerprint density at radius 1 is 1.15 bits per heavy atom. The lowest BCUT2D eigenvalue weighted by Crippen LogP contribution is -2.24. The van der Waals surface area contributed by atoms with E-state index in [1.807, 2.05) is 12.1 Å². The molecule has 9 nitrogen and oxygen atoms in total. The highest BCUT2D eigenvalue weighted by molar-refractivity contribution is 7.99. The number of hydrogen-bond donors (Lipinski definition) is 2. The van der Waals surface area contributed by atoms with Gasteiger partial charge >= 0.3 is 0 Å². The molecule has 0 spiro atoms. The summed E-state index contributed by atoms with van der Waals surface area (Å²) >= 11 is 2.76. The Hall–Kier alpha value is -3.83. The second kappa shape index (κ2) is 11.5. The van der Waals surface area contributed by atoms with Gasteiger partial charge in [-0.1, -0.05) is 11.8 Å². The fourth-order valence-corrected chi connectivity index (χ4v) is 6.63. The third-order valence-electron chi connectivity index (χ3n) is 6.57. The number of carbonyl (C=O) groups is 1. The first-order chi connectivity index (χ1) is 18.9. The fourth-order valence-electron chi connectivity index (χ4n) is 4.52. The lowest BCUT2D eigenvalue weighted by molar-refractivity contribution is -0.118. The quantitative estimate of drug-likeness (QED) is 0.138. The van der Waals surface area contributed by atoms with E-state index in [1.165, 1.54) is 29.8 Å². The standard InChI is InChI=1S/C28H28N4O5S2/c1-16(17-8-13-21(33)22(14-17)37-3)30-31-24(34)15-38-28-29-26-25(20-6-4-5-7-23(20)39-26)27(35)32(28)18-9-11-19(36-2)12-10-18/h8-14,33H,4-7,15H2,1-3H3,(H,31,34). The first-order valence-corrected chi connectivity index (χ1v) is 14.2. The summed E-state index contributed by atoms with van der Waals surface area (Å²) in [6.07, 6.45) is 4.03. The molecule has 1 aliphatic rings. The van der Waals surface area contributed by atoms with E-state index in [0.29, 0.717) is 39.0 Å². The Balaban J connectivity index is 1.42. The lowest BCUT2D eigenvalue weighted by Gasteiger charge is -2.14. The number of ether oxygens (including phenoxy) is 2. The molecule has 0 bridgehead atoms. The van der Waals surface area contributed by atoms with Gasteiger partial charge in [-0.15, -0.1) is 11.3 Å². The molecule has 4 aromatic rings. The van der Waals surface area contributed by atoms with E-state index in [1.54, 1.807) is 54.2 Å². The van der Waals surface area contributed by atoms with E-state index in [-0.39, 0.29) is 23.0 Å². The van der Waals surface area contributed by atoms with Crippen molar-refractivity contribution in [1.29, 1.82) is 0 Å². The molecular weight excluding hydrogens is 536 g/mol.